The van der Waals surface area contributed by atoms with E-state index >= 15 is 8.78 Å². The summed E-state index contributed by atoms with van der Waals surface area (Å²) in [6.45, 7) is 15.2. The van der Waals surface area contributed by atoms with Crippen LogP contribution >= 0.6 is 0 Å². The quantitative estimate of drug-likeness (QED) is 0.0756. The molecule has 0 spiro atoms. The van der Waals surface area contributed by atoms with Crippen LogP contribution in [0.5, 0.6) is 0 Å². The van der Waals surface area contributed by atoms with Gasteiger partial charge in [0.2, 0.25) is 0 Å². The molecule has 80 heavy (non-hydrogen) atoms. The Hall–Kier alpha value is -7.26. The number of amides is 4. The number of carbonyl (C=O) groups excluding carboxylic acids is 3. The molecule has 5 aromatic carbocycles. The van der Waals surface area contributed by atoms with Gasteiger partial charge in [-0.15, -0.1) is 0 Å². The fourth-order valence-corrected chi connectivity index (χ4v) is 10.4. The van der Waals surface area contributed by atoms with E-state index in [4.69, 9.17) is 31.4 Å². The minimum Gasteiger partial charge on any atom is -0.398 e. The fourth-order valence-electron chi connectivity index (χ4n) is 9.55. The van der Waals surface area contributed by atoms with Crippen LogP contribution in [0.2, 0.25) is 0 Å². The summed E-state index contributed by atoms with van der Waals surface area (Å²) < 4.78 is 75.9. The predicted molar refractivity (Wildman–Crippen MR) is 306 cm³/mol. The second-order valence-electron chi connectivity index (χ2n) is 20.1. The molecule has 19 heteroatoms. The van der Waals surface area contributed by atoms with Crippen molar-refractivity contribution in [1.82, 2.24) is 20.6 Å². The first-order valence-corrected chi connectivity index (χ1v) is 27.8. The van der Waals surface area contributed by atoms with Gasteiger partial charge in [0.15, 0.2) is 0 Å². The second-order valence-corrected chi connectivity index (χ2v) is 21.6. The maximum atomic E-state index is 15.6. The lowest BCUT2D eigenvalue weighted by Crippen LogP contribution is -2.43. The summed E-state index contributed by atoms with van der Waals surface area (Å²) in [5.74, 6) is -0.275. The minimum atomic E-state index is -3.73. The van der Waals surface area contributed by atoms with E-state index in [2.05, 4.69) is 16.1 Å². The first-order valence-electron chi connectivity index (χ1n) is 27.1. The van der Waals surface area contributed by atoms with Crippen LogP contribution in [0.15, 0.2) is 102 Å². The molecule has 4 aliphatic rings. The van der Waals surface area contributed by atoms with E-state index in [1.54, 1.807) is 89.5 Å². The first kappa shape index (κ1) is 61.9. The second kappa shape index (κ2) is 28.8. The summed E-state index contributed by atoms with van der Waals surface area (Å²) in [5, 5.41) is 23.6. The number of nitrogens with one attached hydrogen (secondary N) is 3. The molecule has 0 radical (unpaired) electrons. The lowest BCUT2D eigenvalue weighted by molar-refractivity contribution is 0.0412. The Bertz CT molecular complexity index is 3130. The number of anilines is 2. The number of rotatable bonds is 10. The van der Waals surface area contributed by atoms with E-state index in [9.17, 15) is 22.8 Å². The van der Waals surface area contributed by atoms with Crippen LogP contribution in [0, 0.1) is 57.3 Å². The van der Waals surface area contributed by atoms with Gasteiger partial charge < -0.3 is 35.6 Å². The van der Waals surface area contributed by atoms with Crippen LogP contribution in [0.1, 0.15) is 132 Å². The molecule has 0 bridgehead atoms. The largest absolute Gasteiger partial charge is 0.398 e. The molecule has 4 amide bonds. The molecule has 0 aliphatic carbocycles. The monoisotopic (exact) mass is 1120 g/mol. The van der Waals surface area contributed by atoms with Crippen molar-refractivity contribution in [3.63, 3.8) is 0 Å². The molecule has 16 nitrogen and oxygen atoms in total. The zero-order valence-corrected chi connectivity index (χ0v) is 46.6. The normalized spacial score (nSPS) is 18.1. The molecule has 5 N–H and O–H groups in total. The third kappa shape index (κ3) is 16.4. The number of likely N-dealkylation sites (tertiary alicyclic amines) is 2. The number of benzene rings is 5. The Morgan fingerprint density at radius 1 is 0.688 bits per heavy atom. The van der Waals surface area contributed by atoms with Crippen molar-refractivity contribution in [2.75, 3.05) is 63.7 Å². The van der Waals surface area contributed by atoms with E-state index in [0.717, 1.165) is 40.7 Å². The van der Waals surface area contributed by atoms with Gasteiger partial charge in [-0.2, -0.15) is 28.7 Å². The third-order valence-corrected chi connectivity index (χ3v) is 15.6. The average molecular weight is 1120 g/mol. The van der Waals surface area contributed by atoms with E-state index in [1.165, 1.54) is 12.1 Å². The van der Waals surface area contributed by atoms with E-state index in [0.29, 0.717) is 91.2 Å². The van der Waals surface area contributed by atoms with Gasteiger partial charge >= 0.3 is 16.1 Å². The minimum absolute atomic E-state index is 0. The highest BCUT2D eigenvalue weighted by Gasteiger charge is 2.39. The van der Waals surface area contributed by atoms with Crippen LogP contribution in [0.25, 0.3) is 0 Å². The topological polar surface area (TPSA) is 229 Å². The number of aryl methyl sites for hydroxylation is 5. The van der Waals surface area contributed by atoms with Gasteiger partial charge in [-0.1, -0.05) is 75.3 Å². The maximum Gasteiger partial charge on any atom is 0.319 e. The number of nitrogens with two attached hydrogens (primary N) is 1. The van der Waals surface area contributed by atoms with Crippen molar-refractivity contribution in [1.29, 1.82) is 10.5 Å². The van der Waals surface area contributed by atoms with Crippen LogP contribution in [0.3, 0.4) is 0 Å². The number of alkyl halides is 2. The number of nitrogens with zero attached hydrogens (tertiary/aromatic N) is 4. The molecule has 428 valence electrons. The van der Waals surface area contributed by atoms with Gasteiger partial charge in [0, 0.05) is 88.9 Å². The zero-order valence-electron chi connectivity index (χ0n) is 46.8. The zero-order chi connectivity index (χ0) is 58.2. The molecule has 0 saturated carbocycles. The smallest absolute Gasteiger partial charge is 0.319 e. The summed E-state index contributed by atoms with van der Waals surface area (Å²) >= 11 is 0. The van der Waals surface area contributed by atoms with Gasteiger partial charge in [0.05, 0.1) is 53.5 Å². The van der Waals surface area contributed by atoms with Crippen molar-refractivity contribution >= 4 is 39.3 Å². The van der Waals surface area contributed by atoms with Gasteiger partial charge in [0.25, 0.3) is 11.8 Å². The summed E-state index contributed by atoms with van der Waals surface area (Å²) in [7, 11) is -3.73. The lowest BCUT2D eigenvalue weighted by atomic mass is 9.85. The molecule has 4 saturated heterocycles. The molecule has 0 unspecified atom stereocenters. The van der Waals surface area contributed by atoms with Crippen molar-refractivity contribution in [3.8, 4) is 12.1 Å². The number of nitrogen functional groups attached to an aromatic ring is 1. The molecule has 4 heterocycles. The van der Waals surface area contributed by atoms with Gasteiger partial charge in [-0.3, -0.25) is 9.59 Å². The Balaban J connectivity index is 0.000000227. The molecular formula is C61H76F2N8O8S. The molecule has 5 aromatic rings. The number of hydroxylamine groups is 1. The Morgan fingerprint density at radius 2 is 1.12 bits per heavy atom. The third-order valence-electron chi connectivity index (χ3n) is 14.5. The summed E-state index contributed by atoms with van der Waals surface area (Å²) in [5.41, 5.74) is 14.3. The van der Waals surface area contributed by atoms with E-state index in [-0.39, 0.29) is 81.0 Å². The van der Waals surface area contributed by atoms with Crippen molar-refractivity contribution in [3.05, 3.63) is 158 Å². The van der Waals surface area contributed by atoms with Crippen LogP contribution in [-0.4, -0.2) is 101 Å². The highest BCUT2D eigenvalue weighted by Crippen LogP contribution is 2.39. The number of carbonyl (C=O) groups is 3. The van der Waals surface area contributed by atoms with E-state index in [1.807, 2.05) is 58.9 Å². The highest BCUT2D eigenvalue weighted by molar-refractivity contribution is 7.86. The molecule has 4 fully saturated rings. The van der Waals surface area contributed by atoms with Crippen molar-refractivity contribution in [2.45, 2.75) is 123 Å². The molecule has 9 rings (SSSR count). The van der Waals surface area contributed by atoms with Gasteiger partial charge in [0.1, 0.15) is 11.3 Å². The number of hydrogen-bond acceptors (Lipinski definition) is 12. The molecule has 2 atom stereocenters. The Morgan fingerprint density at radius 3 is 1.56 bits per heavy atom. The molecular weight excluding hydrogens is 1040 g/mol. The van der Waals surface area contributed by atoms with Crippen LogP contribution < -0.4 is 21.8 Å². The van der Waals surface area contributed by atoms with Crippen molar-refractivity contribution < 1.29 is 46.7 Å². The number of hydrogen-bond donors (Lipinski definition) is 4. The number of halogens is 2. The van der Waals surface area contributed by atoms with Crippen LogP contribution in [-0.2, 0) is 35.2 Å². The number of ether oxygens (including phenoxy) is 2. The summed E-state index contributed by atoms with van der Waals surface area (Å²) in [6.07, 6.45) is 2.38. The Kier molecular flexibility index (Phi) is 22.3. The summed E-state index contributed by atoms with van der Waals surface area (Å²) in [6, 6.07) is 30.5. The van der Waals surface area contributed by atoms with Crippen molar-refractivity contribution in [2.24, 2.45) is 0 Å². The molecule has 0 aromatic heterocycles. The predicted octanol–water partition coefficient (Wildman–Crippen LogP) is 10.7. The summed E-state index contributed by atoms with van der Waals surface area (Å²) in [4.78, 5) is 42.0. The standard InChI is InChI=1S/C26H29FN4O3.C21H22FN3O.C11H15NO4S.C2H6.CH4/c1-17-13-18(2)23(30-25(33)29-21-7-12-34-16-21)14-22(17)24(32)31-10-8-26(27,9-11-31)20-5-3-19(15-28)4-6-20;1-14-11-15(2)19(24)12-18(14)20(26)25-9-7-21(22,8-10-25)17-5-3-16(13-23)4-6-17;1-9-2-4-11(5-3-9)17(13,14)16-12-10-6-7-15-8-10;1-2;/h3-6,13-14,21H,7-12,16H2,1-2H3,(H2,29,30,33);3-6,11-12H,7-10,24H2,1-2H3;2-5,10,12H,6-8H2,1H3;1-2H3;1H4/t21-;;10-;;/m1.1../s1/i;;;1D;. The maximum absolute atomic E-state index is 15.6. The molecule has 4 aliphatic heterocycles. The average Bonchev–Trinajstić information content (AvgIpc) is 4.20. The van der Waals surface area contributed by atoms with Gasteiger partial charge in [-0.05, 0) is 129 Å². The van der Waals surface area contributed by atoms with Gasteiger partial charge in [-0.25, -0.2) is 13.6 Å². The fraction of sp³-hybridized carbons (Fsp3) is 0.426. The van der Waals surface area contributed by atoms with E-state index < -0.39 is 21.5 Å². The first-order chi connectivity index (χ1) is 38.1. The number of urea groups is 1. The van der Waals surface area contributed by atoms with Crippen LogP contribution in [0.4, 0.5) is 25.0 Å². The SMILES string of the molecule is C.Cc1cc(C)c(C(=O)N2CCC(F)(c3ccc(C#N)cc3)CC2)cc1N.Cc1cc(C)c(C(=O)N2CCC(F)(c3ccc(C#N)cc3)CC2)cc1NC(=O)N[C@@H]1CCOC1.Cc1ccc(S(=O)(=O)ON[C@@H]2CCOC2)cc1.[2H]CC. The highest BCUT2D eigenvalue weighted by atomic mass is 32.2. The lowest BCUT2D eigenvalue weighted by Gasteiger charge is -2.37. The number of piperidine rings is 2. The number of nitriles is 2. The Labute approximate surface area is 472 Å².